The van der Waals surface area contributed by atoms with Crippen molar-refractivity contribution in [3.8, 4) is 0 Å². The highest BCUT2D eigenvalue weighted by atomic mass is 16.6. The Kier molecular flexibility index (Phi) is 4.85. The summed E-state index contributed by atoms with van der Waals surface area (Å²) in [7, 11) is 0. The van der Waals surface area contributed by atoms with Gasteiger partial charge in [-0.25, -0.2) is 0 Å². The summed E-state index contributed by atoms with van der Waals surface area (Å²) < 4.78 is 0. The fourth-order valence-corrected chi connectivity index (χ4v) is 1.77. The van der Waals surface area contributed by atoms with Crippen LogP contribution in [-0.2, 0) is 0 Å². The molecule has 1 aromatic carbocycles. The van der Waals surface area contributed by atoms with Crippen LogP contribution in [0.2, 0.25) is 0 Å². The summed E-state index contributed by atoms with van der Waals surface area (Å²) in [6.07, 6.45) is 0.989. The molecule has 1 rings (SSSR count). The third-order valence-electron chi connectivity index (χ3n) is 2.75. The highest BCUT2D eigenvalue weighted by Gasteiger charge is 2.19. The van der Waals surface area contributed by atoms with Gasteiger partial charge in [0.25, 0.3) is 5.69 Å². The maximum Gasteiger partial charge on any atom is 0.292 e. The van der Waals surface area contributed by atoms with E-state index >= 15 is 0 Å². The number of nitro groups is 1. The van der Waals surface area contributed by atoms with Crippen molar-refractivity contribution in [1.29, 1.82) is 0 Å². The summed E-state index contributed by atoms with van der Waals surface area (Å²) in [6.45, 7) is 8.35. The SMILES string of the molecule is C=CCN(CC)c1ccc([C@@H](C)O)cc1[N+](=O)[O-]. The fraction of sp³-hybridized carbons (Fsp3) is 0.385. The number of likely N-dealkylation sites (N-methyl/N-ethyl adjacent to an activating group) is 1. The predicted molar refractivity (Wildman–Crippen MR) is 71.8 cm³/mol. The fourth-order valence-electron chi connectivity index (χ4n) is 1.77. The molecule has 0 unspecified atom stereocenters. The first-order valence-corrected chi connectivity index (χ1v) is 5.83. The van der Waals surface area contributed by atoms with Crippen LogP contribution in [0, 0.1) is 10.1 Å². The van der Waals surface area contributed by atoms with E-state index < -0.39 is 11.0 Å². The van der Waals surface area contributed by atoms with E-state index in [1.54, 1.807) is 25.1 Å². The van der Waals surface area contributed by atoms with Crippen LogP contribution in [0.25, 0.3) is 0 Å². The zero-order valence-corrected chi connectivity index (χ0v) is 10.7. The smallest absolute Gasteiger partial charge is 0.292 e. The molecule has 1 N–H and O–H groups in total. The molecule has 0 aromatic heterocycles. The normalized spacial score (nSPS) is 11.9. The van der Waals surface area contributed by atoms with Crippen molar-refractivity contribution in [3.05, 3.63) is 46.5 Å². The minimum absolute atomic E-state index is 0.0112. The van der Waals surface area contributed by atoms with Gasteiger partial charge in [0.15, 0.2) is 0 Å². The molecule has 1 aromatic rings. The van der Waals surface area contributed by atoms with Gasteiger partial charge in [0, 0.05) is 19.2 Å². The Morgan fingerprint density at radius 3 is 2.72 bits per heavy atom. The zero-order valence-electron chi connectivity index (χ0n) is 10.7. The molecule has 5 nitrogen and oxygen atoms in total. The standard InChI is InChI=1S/C13H18N2O3/c1-4-8-14(5-2)12-7-6-11(10(3)16)9-13(12)15(17)18/h4,6-7,9-10,16H,1,5,8H2,2-3H3/t10-/m1/s1. The van der Waals surface area contributed by atoms with Gasteiger partial charge in [-0.15, -0.1) is 6.58 Å². The second-order valence-corrected chi connectivity index (χ2v) is 4.01. The van der Waals surface area contributed by atoms with Crippen molar-refractivity contribution >= 4 is 11.4 Å². The molecule has 0 aliphatic heterocycles. The predicted octanol–water partition coefficient (Wildman–Crippen LogP) is 2.66. The number of rotatable bonds is 6. The number of anilines is 1. The summed E-state index contributed by atoms with van der Waals surface area (Å²) >= 11 is 0. The van der Waals surface area contributed by atoms with Gasteiger partial charge in [0.2, 0.25) is 0 Å². The molecule has 0 heterocycles. The maximum absolute atomic E-state index is 11.1. The first kappa shape index (κ1) is 14.2. The Bertz CT molecular complexity index is 444. The highest BCUT2D eigenvalue weighted by molar-refractivity contribution is 5.64. The molecule has 0 fully saturated rings. The molecular weight excluding hydrogens is 232 g/mol. The quantitative estimate of drug-likeness (QED) is 0.479. The lowest BCUT2D eigenvalue weighted by molar-refractivity contribution is -0.384. The molecular formula is C13H18N2O3. The Balaban J connectivity index is 3.25. The van der Waals surface area contributed by atoms with E-state index in [0.29, 0.717) is 24.3 Å². The first-order valence-electron chi connectivity index (χ1n) is 5.83. The number of nitrogens with zero attached hydrogens (tertiary/aromatic N) is 2. The lowest BCUT2D eigenvalue weighted by Crippen LogP contribution is -2.23. The molecule has 5 heteroatoms. The molecule has 0 saturated heterocycles. The molecule has 0 aliphatic carbocycles. The van der Waals surface area contributed by atoms with Crippen LogP contribution in [-0.4, -0.2) is 23.1 Å². The van der Waals surface area contributed by atoms with Crippen LogP contribution < -0.4 is 4.90 Å². The van der Waals surface area contributed by atoms with Gasteiger partial charge in [-0.05, 0) is 25.5 Å². The van der Waals surface area contributed by atoms with Crippen molar-refractivity contribution < 1.29 is 10.0 Å². The van der Waals surface area contributed by atoms with Crippen molar-refractivity contribution in [2.24, 2.45) is 0 Å². The van der Waals surface area contributed by atoms with Gasteiger partial charge in [-0.3, -0.25) is 10.1 Å². The molecule has 0 spiro atoms. The van der Waals surface area contributed by atoms with E-state index in [0.717, 1.165) is 0 Å². The van der Waals surface area contributed by atoms with Crippen LogP contribution in [0.15, 0.2) is 30.9 Å². The average molecular weight is 250 g/mol. The maximum atomic E-state index is 11.1. The second kappa shape index (κ2) is 6.16. The average Bonchev–Trinajstić information content (AvgIpc) is 2.35. The molecule has 0 amide bonds. The van der Waals surface area contributed by atoms with Crippen molar-refractivity contribution in [3.63, 3.8) is 0 Å². The number of nitro benzene ring substituents is 1. The lowest BCUT2D eigenvalue weighted by Gasteiger charge is -2.21. The second-order valence-electron chi connectivity index (χ2n) is 4.01. The van der Waals surface area contributed by atoms with Crippen LogP contribution in [0.3, 0.4) is 0 Å². The third kappa shape index (κ3) is 3.07. The monoisotopic (exact) mass is 250 g/mol. The highest BCUT2D eigenvalue weighted by Crippen LogP contribution is 2.31. The van der Waals surface area contributed by atoms with Crippen LogP contribution >= 0.6 is 0 Å². The summed E-state index contributed by atoms with van der Waals surface area (Å²) in [6, 6.07) is 4.80. The molecule has 1 atom stereocenters. The summed E-state index contributed by atoms with van der Waals surface area (Å²) in [4.78, 5) is 12.5. The minimum atomic E-state index is -0.716. The van der Waals surface area contributed by atoms with E-state index in [2.05, 4.69) is 6.58 Å². The Morgan fingerprint density at radius 1 is 1.61 bits per heavy atom. The summed E-state index contributed by atoms with van der Waals surface area (Å²) in [5, 5.41) is 20.6. The zero-order chi connectivity index (χ0) is 13.7. The third-order valence-corrected chi connectivity index (χ3v) is 2.75. The topological polar surface area (TPSA) is 66.6 Å². The number of benzene rings is 1. The van der Waals surface area contributed by atoms with Gasteiger partial charge < -0.3 is 10.0 Å². The van der Waals surface area contributed by atoms with Crippen molar-refractivity contribution in [2.75, 3.05) is 18.0 Å². The van der Waals surface area contributed by atoms with E-state index in [9.17, 15) is 15.2 Å². The number of aliphatic hydroxyl groups is 1. The lowest BCUT2D eigenvalue weighted by atomic mass is 10.1. The van der Waals surface area contributed by atoms with Crippen LogP contribution in [0.1, 0.15) is 25.5 Å². The van der Waals surface area contributed by atoms with Crippen LogP contribution in [0.4, 0.5) is 11.4 Å². The van der Waals surface area contributed by atoms with Gasteiger partial charge in [-0.2, -0.15) is 0 Å². The van der Waals surface area contributed by atoms with Gasteiger partial charge in [0.05, 0.1) is 11.0 Å². The van der Waals surface area contributed by atoms with Gasteiger partial charge >= 0.3 is 0 Å². The Labute approximate surface area is 107 Å². The Hall–Kier alpha value is -1.88. The van der Waals surface area contributed by atoms with E-state index in [1.807, 2.05) is 11.8 Å². The number of aliphatic hydroxyl groups excluding tert-OH is 1. The van der Waals surface area contributed by atoms with Crippen LogP contribution in [0.5, 0.6) is 0 Å². The van der Waals surface area contributed by atoms with Gasteiger partial charge in [0.1, 0.15) is 5.69 Å². The number of hydrogen-bond acceptors (Lipinski definition) is 4. The molecule has 18 heavy (non-hydrogen) atoms. The molecule has 0 bridgehead atoms. The van der Waals surface area contributed by atoms with E-state index in [4.69, 9.17) is 0 Å². The van der Waals surface area contributed by atoms with E-state index in [1.165, 1.54) is 6.07 Å². The molecule has 0 radical (unpaired) electrons. The molecule has 0 aliphatic rings. The Morgan fingerprint density at radius 2 is 2.28 bits per heavy atom. The first-order chi connectivity index (χ1) is 8.51. The van der Waals surface area contributed by atoms with Crippen molar-refractivity contribution in [2.45, 2.75) is 20.0 Å². The summed E-state index contributed by atoms with van der Waals surface area (Å²) in [5.41, 5.74) is 1.10. The summed E-state index contributed by atoms with van der Waals surface area (Å²) in [5.74, 6) is 0. The van der Waals surface area contributed by atoms with E-state index in [-0.39, 0.29) is 5.69 Å². The van der Waals surface area contributed by atoms with Crippen molar-refractivity contribution in [1.82, 2.24) is 0 Å². The minimum Gasteiger partial charge on any atom is -0.389 e. The largest absolute Gasteiger partial charge is 0.389 e. The number of hydrogen-bond donors (Lipinski definition) is 1. The molecule has 98 valence electrons. The van der Waals surface area contributed by atoms with Gasteiger partial charge in [-0.1, -0.05) is 12.1 Å². The molecule has 0 saturated carbocycles.